The second-order valence-corrected chi connectivity index (χ2v) is 6.53. The smallest absolute Gasteiger partial charge is 0.191 e. The van der Waals surface area contributed by atoms with E-state index in [0.29, 0.717) is 23.7 Å². The van der Waals surface area contributed by atoms with Gasteiger partial charge in [0.25, 0.3) is 0 Å². The van der Waals surface area contributed by atoms with Crippen molar-refractivity contribution in [3.05, 3.63) is 0 Å². The van der Waals surface area contributed by atoms with Crippen LogP contribution in [0, 0.1) is 5.41 Å². The van der Waals surface area contributed by atoms with Gasteiger partial charge in [0.1, 0.15) is 0 Å². The highest BCUT2D eigenvalue weighted by Gasteiger charge is 2.43. The van der Waals surface area contributed by atoms with Crippen LogP contribution in [0.2, 0.25) is 0 Å². The Morgan fingerprint density at radius 3 is 2.80 bits per heavy atom. The van der Waals surface area contributed by atoms with Crippen LogP contribution >= 0.6 is 0 Å². The highest BCUT2D eigenvalue weighted by atomic mass is 16.5. The molecule has 0 aromatic heterocycles. The Labute approximate surface area is 121 Å². The number of guanidine groups is 1. The van der Waals surface area contributed by atoms with E-state index < -0.39 is 0 Å². The Kier molecular flexibility index (Phi) is 4.17. The predicted octanol–water partition coefficient (Wildman–Crippen LogP) is 1.29. The molecular weight excluding hydrogens is 254 g/mol. The molecule has 2 saturated heterocycles. The van der Waals surface area contributed by atoms with Gasteiger partial charge in [0.05, 0.1) is 18.2 Å². The first-order chi connectivity index (χ1) is 9.74. The lowest BCUT2D eigenvalue weighted by atomic mass is 9.96. The number of nitrogens with one attached hydrogen (secondary N) is 2. The van der Waals surface area contributed by atoms with E-state index in [1.165, 1.54) is 25.7 Å². The second kappa shape index (κ2) is 5.90. The first-order valence-corrected chi connectivity index (χ1v) is 7.86. The van der Waals surface area contributed by atoms with E-state index in [1.54, 1.807) is 7.11 Å². The van der Waals surface area contributed by atoms with Crippen molar-refractivity contribution in [2.45, 2.75) is 56.8 Å². The van der Waals surface area contributed by atoms with E-state index in [2.05, 4.69) is 15.6 Å². The van der Waals surface area contributed by atoms with Gasteiger partial charge < -0.3 is 20.1 Å². The number of fused-ring (bicyclic) bond motifs is 2. The second-order valence-electron chi connectivity index (χ2n) is 6.53. The van der Waals surface area contributed by atoms with Gasteiger partial charge in [0.2, 0.25) is 0 Å². The standard InChI is InChI=1S/C15H27N3O2/c1-16-14(17-10-15(5-6-15)7-8-19-2)18-12-9-11-3-4-13(12)20-11/h11-13H,3-10H2,1-2H3,(H2,16,17,18). The highest BCUT2D eigenvalue weighted by molar-refractivity contribution is 5.80. The zero-order chi connectivity index (χ0) is 14.0. The topological polar surface area (TPSA) is 54.9 Å². The van der Waals surface area contributed by atoms with Gasteiger partial charge in [-0.05, 0) is 43.9 Å². The van der Waals surface area contributed by atoms with Gasteiger partial charge in [-0.15, -0.1) is 0 Å². The molecule has 1 saturated carbocycles. The zero-order valence-corrected chi connectivity index (χ0v) is 12.7. The summed E-state index contributed by atoms with van der Waals surface area (Å²) in [7, 11) is 3.62. The molecule has 3 rings (SSSR count). The molecular formula is C15H27N3O2. The lowest BCUT2D eigenvalue weighted by Crippen LogP contribution is -2.48. The number of hydrogen-bond acceptors (Lipinski definition) is 3. The molecule has 5 nitrogen and oxygen atoms in total. The van der Waals surface area contributed by atoms with Crippen LogP contribution in [-0.2, 0) is 9.47 Å². The maximum Gasteiger partial charge on any atom is 0.191 e. The zero-order valence-electron chi connectivity index (χ0n) is 12.7. The quantitative estimate of drug-likeness (QED) is 0.569. The van der Waals surface area contributed by atoms with E-state index >= 15 is 0 Å². The molecule has 3 aliphatic rings. The summed E-state index contributed by atoms with van der Waals surface area (Å²) in [5.74, 6) is 0.926. The van der Waals surface area contributed by atoms with E-state index in [0.717, 1.165) is 32.0 Å². The van der Waals surface area contributed by atoms with Crippen molar-refractivity contribution in [2.75, 3.05) is 27.3 Å². The van der Waals surface area contributed by atoms with Crippen LogP contribution in [0.4, 0.5) is 0 Å². The Balaban J connectivity index is 1.44. The van der Waals surface area contributed by atoms with Crippen LogP contribution in [0.1, 0.15) is 38.5 Å². The molecule has 20 heavy (non-hydrogen) atoms. The summed E-state index contributed by atoms with van der Waals surface area (Å²) in [6, 6.07) is 0.439. The normalized spacial score (nSPS) is 34.3. The summed E-state index contributed by atoms with van der Waals surface area (Å²) in [5, 5.41) is 7.03. The first kappa shape index (κ1) is 14.1. The predicted molar refractivity (Wildman–Crippen MR) is 79.0 cm³/mol. The van der Waals surface area contributed by atoms with Crippen LogP contribution < -0.4 is 10.6 Å². The average molecular weight is 281 g/mol. The summed E-state index contributed by atoms with van der Waals surface area (Å²) in [6.45, 7) is 1.85. The van der Waals surface area contributed by atoms with Crippen molar-refractivity contribution in [2.24, 2.45) is 10.4 Å². The number of methoxy groups -OCH3 is 1. The van der Waals surface area contributed by atoms with Crippen LogP contribution in [0.15, 0.2) is 4.99 Å². The van der Waals surface area contributed by atoms with Crippen LogP contribution in [0.5, 0.6) is 0 Å². The van der Waals surface area contributed by atoms with Gasteiger partial charge in [0.15, 0.2) is 5.96 Å². The Morgan fingerprint density at radius 2 is 2.25 bits per heavy atom. The lowest BCUT2D eigenvalue weighted by Gasteiger charge is -2.24. The molecule has 5 heteroatoms. The summed E-state index contributed by atoms with van der Waals surface area (Å²) in [6.07, 6.45) is 8.17. The third-order valence-electron chi connectivity index (χ3n) is 5.08. The average Bonchev–Trinajstić information content (AvgIpc) is 2.92. The summed E-state index contributed by atoms with van der Waals surface area (Å²) in [5.41, 5.74) is 0.443. The first-order valence-electron chi connectivity index (χ1n) is 7.86. The van der Waals surface area contributed by atoms with E-state index in [4.69, 9.17) is 9.47 Å². The SMILES string of the molecule is CN=C(NCC1(CCOC)CC1)NC1CC2CCC1O2. The number of aliphatic imine (C=N–C) groups is 1. The number of nitrogens with zero attached hydrogens (tertiary/aromatic N) is 1. The molecule has 1 aliphatic carbocycles. The summed E-state index contributed by atoms with van der Waals surface area (Å²) < 4.78 is 11.1. The monoisotopic (exact) mass is 281 g/mol. The molecule has 3 unspecified atom stereocenters. The maximum atomic E-state index is 5.88. The minimum absolute atomic E-state index is 0.391. The van der Waals surface area contributed by atoms with Crippen molar-refractivity contribution in [1.29, 1.82) is 0 Å². The fraction of sp³-hybridized carbons (Fsp3) is 0.933. The molecule has 0 radical (unpaired) electrons. The van der Waals surface area contributed by atoms with Gasteiger partial charge in [-0.2, -0.15) is 0 Å². The molecule has 2 bridgehead atoms. The van der Waals surface area contributed by atoms with Crippen molar-refractivity contribution in [1.82, 2.24) is 10.6 Å². The number of ether oxygens (including phenoxy) is 2. The largest absolute Gasteiger partial charge is 0.385 e. The van der Waals surface area contributed by atoms with E-state index in [-0.39, 0.29) is 0 Å². The van der Waals surface area contributed by atoms with Crippen molar-refractivity contribution >= 4 is 5.96 Å². The summed E-state index contributed by atoms with van der Waals surface area (Å²) in [4.78, 5) is 4.35. The van der Waals surface area contributed by atoms with Crippen LogP contribution in [0.25, 0.3) is 0 Å². The van der Waals surface area contributed by atoms with Gasteiger partial charge >= 0.3 is 0 Å². The van der Waals surface area contributed by atoms with Gasteiger partial charge in [-0.3, -0.25) is 4.99 Å². The number of hydrogen-bond donors (Lipinski definition) is 2. The van der Waals surface area contributed by atoms with Gasteiger partial charge in [0, 0.05) is 27.3 Å². The molecule has 2 heterocycles. The maximum absolute atomic E-state index is 5.88. The molecule has 0 spiro atoms. The Hall–Kier alpha value is -0.810. The molecule has 0 amide bonds. The minimum atomic E-state index is 0.391. The molecule has 3 fully saturated rings. The third-order valence-corrected chi connectivity index (χ3v) is 5.08. The molecule has 0 aromatic rings. The van der Waals surface area contributed by atoms with Crippen molar-refractivity contribution < 1.29 is 9.47 Å². The van der Waals surface area contributed by atoms with Crippen LogP contribution in [0.3, 0.4) is 0 Å². The molecule has 2 aliphatic heterocycles. The van der Waals surface area contributed by atoms with E-state index in [1.807, 2.05) is 7.05 Å². The molecule has 114 valence electrons. The molecule has 2 N–H and O–H groups in total. The van der Waals surface area contributed by atoms with Gasteiger partial charge in [-0.25, -0.2) is 0 Å². The van der Waals surface area contributed by atoms with Crippen LogP contribution in [-0.4, -0.2) is 51.5 Å². The fourth-order valence-electron chi connectivity index (χ4n) is 3.44. The number of rotatable bonds is 6. The summed E-state index contributed by atoms with van der Waals surface area (Å²) >= 11 is 0. The van der Waals surface area contributed by atoms with Gasteiger partial charge in [-0.1, -0.05) is 0 Å². The fourth-order valence-corrected chi connectivity index (χ4v) is 3.44. The molecule has 3 atom stereocenters. The molecule has 0 aromatic carbocycles. The lowest BCUT2D eigenvalue weighted by molar-refractivity contribution is 0.0992. The Bertz CT molecular complexity index is 368. The van der Waals surface area contributed by atoms with E-state index in [9.17, 15) is 0 Å². The van der Waals surface area contributed by atoms with Crippen molar-refractivity contribution in [3.8, 4) is 0 Å². The Morgan fingerprint density at radius 1 is 1.40 bits per heavy atom. The third kappa shape index (κ3) is 3.09. The van der Waals surface area contributed by atoms with Crippen molar-refractivity contribution in [3.63, 3.8) is 0 Å². The highest BCUT2D eigenvalue weighted by Crippen LogP contribution is 2.48. The minimum Gasteiger partial charge on any atom is -0.385 e.